The van der Waals surface area contributed by atoms with E-state index in [0.29, 0.717) is 13.1 Å². The molecule has 25 heavy (non-hydrogen) atoms. The number of hydrogen-bond acceptors (Lipinski definition) is 4. The lowest BCUT2D eigenvalue weighted by molar-refractivity contribution is -0.124. The quantitative estimate of drug-likeness (QED) is 0.937. The van der Waals surface area contributed by atoms with Crippen molar-refractivity contribution >= 4 is 17.2 Å². The molecule has 0 aliphatic carbocycles. The second-order valence-corrected chi connectivity index (χ2v) is 7.48. The summed E-state index contributed by atoms with van der Waals surface area (Å²) in [6.45, 7) is 6.71. The maximum atomic E-state index is 12.6. The SMILES string of the molecule is CC(C)(C)C(=O)CN1CC(N)N=C(c2ccccc2)c2ccccc21. The molecule has 4 heteroatoms. The number of nitrogens with two attached hydrogens (primary N) is 1. The topological polar surface area (TPSA) is 58.7 Å². The fourth-order valence-corrected chi connectivity index (χ4v) is 2.94. The van der Waals surface area contributed by atoms with Gasteiger partial charge in [0.2, 0.25) is 0 Å². The molecule has 2 aromatic rings. The van der Waals surface area contributed by atoms with Crippen molar-refractivity contribution in [1.82, 2.24) is 0 Å². The van der Waals surface area contributed by atoms with E-state index in [1.54, 1.807) is 0 Å². The van der Waals surface area contributed by atoms with Gasteiger partial charge in [0.05, 0.1) is 18.8 Å². The van der Waals surface area contributed by atoms with E-state index in [2.05, 4.69) is 4.90 Å². The van der Waals surface area contributed by atoms with Gasteiger partial charge in [0, 0.05) is 22.2 Å². The van der Waals surface area contributed by atoms with E-state index in [-0.39, 0.29) is 17.4 Å². The summed E-state index contributed by atoms with van der Waals surface area (Å²) in [5, 5.41) is 0. The number of carbonyl (C=O) groups is 1. The predicted molar refractivity (Wildman–Crippen MR) is 103 cm³/mol. The molecule has 0 fully saturated rings. The molecule has 0 bridgehead atoms. The van der Waals surface area contributed by atoms with Crippen molar-refractivity contribution in [3.63, 3.8) is 0 Å². The first-order chi connectivity index (χ1) is 11.9. The van der Waals surface area contributed by atoms with Crippen LogP contribution < -0.4 is 10.6 Å². The summed E-state index contributed by atoms with van der Waals surface area (Å²) in [7, 11) is 0. The molecule has 0 saturated heterocycles. The summed E-state index contributed by atoms with van der Waals surface area (Å²) in [5.74, 6) is 0.192. The van der Waals surface area contributed by atoms with E-state index in [9.17, 15) is 4.79 Å². The van der Waals surface area contributed by atoms with E-state index in [1.807, 2.05) is 75.4 Å². The van der Waals surface area contributed by atoms with E-state index in [1.165, 1.54) is 0 Å². The first kappa shape index (κ1) is 17.4. The highest BCUT2D eigenvalue weighted by molar-refractivity contribution is 6.16. The second-order valence-electron chi connectivity index (χ2n) is 7.48. The molecule has 1 unspecified atom stereocenters. The molecule has 1 aliphatic heterocycles. The molecule has 0 radical (unpaired) electrons. The molecule has 0 saturated carbocycles. The molecule has 3 rings (SSSR count). The number of hydrogen-bond donors (Lipinski definition) is 1. The number of benzodiazepines with no additional fused rings is 1. The van der Waals surface area contributed by atoms with Crippen LogP contribution >= 0.6 is 0 Å². The maximum Gasteiger partial charge on any atom is 0.157 e. The first-order valence-corrected chi connectivity index (χ1v) is 8.63. The third-order valence-corrected chi connectivity index (χ3v) is 4.42. The highest BCUT2D eigenvalue weighted by atomic mass is 16.1. The van der Waals surface area contributed by atoms with Gasteiger partial charge in [-0.3, -0.25) is 9.79 Å². The van der Waals surface area contributed by atoms with Crippen molar-refractivity contribution in [3.8, 4) is 0 Å². The summed E-state index contributed by atoms with van der Waals surface area (Å²) in [6, 6.07) is 18.1. The van der Waals surface area contributed by atoms with E-state index in [4.69, 9.17) is 10.7 Å². The number of para-hydroxylation sites is 1. The molecule has 0 amide bonds. The Labute approximate surface area is 149 Å². The van der Waals surface area contributed by atoms with E-state index >= 15 is 0 Å². The standard InChI is InChI=1S/C21H25N3O/c1-21(2,3)18(25)13-24-14-19(22)23-20(15-9-5-4-6-10-15)16-11-7-8-12-17(16)24/h4-12,19H,13-14,22H2,1-3H3. The van der Waals surface area contributed by atoms with Crippen LogP contribution in [0.4, 0.5) is 5.69 Å². The Morgan fingerprint density at radius 1 is 1.12 bits per heavy atom. The fraction of sp³-hybridized carbons (Fsp3) is 0.333. The lowest BCUT2D eigenvalue weighted by Crippen LogP contribution is -2.41. The van der Waals surface area contributed by atoms with Crippen LogP contribution in [0.2, 0.25) is 0 Å². The van der Waals surface area contributed by atoms with Crippen molar-refractivity contribution in [2.24, 2.45) is 16.1 Å². The number of rotatable bonds is 3. The Balaban J connectivity index is 2.04. The Morgan fingerprint density at radius 3 is 2.44 bits per heavy atom. The van der Waals surface area contributed by atoms with E-state index < -0.39 is 0 Å². The maximum absolute atomic E-state index is 12.6. The molecule has 0 spiro atoms. The van der Waals surface area contributed by atoms with Gasteiger partial charge in [0.15, 0.2) is 5.78 Å². The number of carbonyl (C=O) groups excluding carboxylic acids is 1. The summed E-state index contributed by atoms with van der Waals surface area (Å²) in [5.41, 5.74) is 9.84. The Morgan fingerprint density at radius 2 is 1.76 bits per heavy atom. The van der Waals surface area contributed by atoms with Crippen molar-refractivity contribution in [1.29, 1.82) is 0 Å². The Bertz CT molecular complexity index is 790. The first-order valence-electron chi connectivity index (χ1n) is 8.63. The summed E-state index contributed by atoms with van der Waals surface area (Å²) in [6.07, 6.45) is -0.379. The van der Waals surface area contributed by atoms with Crippen molar-refractivity contribution in [2.75, 3.05) is 18.0 Å². The predicted octanol–water partition coefficient (Wildman–Crippen LogP) is 3.24. The van der Waals surface area contributed by atoms with Crippen molar-refractivity contribution in [3.05, 3.63) is 65.7 Å². The number of nitrogens with zero attached hydrogens (tertiary/aromatic N) is 2. The zero-order valence-electron chi connectivity index (χ0n) is 15.1. The molecule has 1 atom stereocenters. The van der Waals surface area contributed by atoms with Crippen LogP contribution in [-0.2, 0) is 4.79 Å². The third kappa shape index (κ3) is 3.80. The van der Waals surface area contributed by atoms with Crippen LogP contribution in [0.5, 0.6) is 0 Å². The van der Waals surface area contributed by atoms with Gasteiger partial charge >= 0.3 is 0 Å². The van der Waals surface area contributed by atoms with Crippen LogP contribution in [0.15, 0.2) is 59.6 Å². The summed E-state index contributed by atoms with van der Waals surface area (Å²) >= 11 is 0. The van der Waals surface area contributed by atoms with Gasteiger partial charge in [-0.05, 0) is 6.07 Å². The van der Waals surface area contributed by atoms with Gasteiger partial charge in [-0.15, -0.1) is 0 Å². The van der Waals surface area contributed by atoms with Gasteiger partial charge in [-0.2, -0.15) is 0 Å². The monoisotopic (exact) mass is 335 g/mol. The minimum absolute atomic E-state index is 0.192. The molecule has 1 heterocycles. The second kappa shape index (κ2) is 6.81. The summed E-state index contributed by atoms with van der Waals surface area (Å²) in [4.78, 5) is 19.4. The van der Waals surface area contributed by atoms with Crippen molar-refractivity contribution in [2.45, 2.75) is 26.9 Å². The minimum atomic E-state index is -0.380. The average molecular weight is 335 g/mol. The largest absolute Gasteiger partial charge is 0.360 e. The van der Waals surface area contributed by atoms with E-state index in [0.717, 1.165) is 22.5 Å². The van der Waals surface area contributed by atoms with Gasteiger partial charge in [-0.25, -0.2) is 0 Å². The normalized spacial score (nSPS) is 17.5. The number of fused-ring (bicyclic) bond motifs is 1. The number of Topliss-reactive ketones (excluding diaryl/α,β-unsaturated/α-hetero) is 1. The van der Waals surface area contributed by atoms with Gasteiger partial charge in [0.25, 0.3) is 0 Å². The van der Waals surface area contributed by atoms with Crippen LogP contribution in [0.3, 0.4) is 0 Å². The third-order valence-electron chi connectivity index (χ3n) is 4.42. The smallest absolute Gasteiger partial charge is 0.157 e. The molecule has 4 nitrogen and oxygen atoms in total. The molecule has 2 aromatic carbocycles. The molecule has 1 aliphatic rings. The Kier molecular flexibility index (Phi) is 4.73. The highest BCUT2D eigenvalue weighted by Crippen LogP contribution is 2.28. The zero-order chi connectivity index (χ0) is 18.0. The van der Waals surface area contributed by atoms with Gasteiger partial charge in [-0.1, -0.05) is 69.3 Å². The van der Waals surface area contributed by atoms with Gasteiger partial charge in [0.1, 0.15) is 6.17 Å². The molecule has 130 valence electrons. The molecular formula is C21H25N3O. The number of anilines is 1. The number of benzene rings is 2. The van der Waals surface area contributed by atoms with Crippen LogP contribution in [0.25, 0.3) is 0 Å². The highest BCUT2D eigenvalue weighted by Gasteiger charge is 2.28. The lowest BCUT2D eigenvalue weighted by Gasteiger charge is -2.28. The number of aliphatic imine (C=N–C) groups is 1. The fourth-order valence-electron chi connectivity index (χ4n) is 2.94. The minimum Gasteiger partial charge on any atom is -0.360 e. The molecular weight excluding hydrogens is 310 g/mol. The Hall–Kier alpha value is -2.46. The van der Waals surface area contributed by atoms with Crippen molar-refractivity contribution < 1.29 is 4.79 Å². The molecule has 0 aromatic heterocycles. The summed E-state index contributed by atoms with van der Waals surface area (Å²) < 4.78 is 0. The lowest BCUT2D eigenvalue weighted by atomic mass is 9.90. The van der Waals surface area contributed by atoms with Gasteiger partial charge < -0.3 is 10.6 Å². The number of ketones is 1. The van der Waals surface area contributed by atoms with Crippen LogP contribution in [0.1, 0.15) is 31.9 Å². The zero-order valence-corrected chi connectivity index (χ0v) is 15.1. The van der Waals surface area contributed by atoms with Crippen LogP contribution in [-0.4, -0.2) is 30.8 Å². The van der Waals surface area contributed by atoms with Crippen LogP contribution in [0, 0.1) is 5.41 Å². The molecule has 2 N–H and O–H groups in total. The average Bonchev–Trinajstić information content (AvgIpc) is 2.72.